The molecule has 0 saturated heterocycles. The summed E-state index contributed by atoms with van der Waals surface area (Å²) in [6, 6.07) is 6.01. The van der Waals surface area contributed by atoms with Crippen LogP contribution in [0.4, 0.5) is 0 Å². The fraction of sp³-hybridized carbons (Fsp3) is 0.231. The molecule has 0 aliphatic heterocycles. The first-order valence-electron chi connectivity index (χ1n) is 6.10. The number of rotatable bonds is 6. The Morgan fingerprint density at radius 3 is 2.00 bits per heavy atom. The Morgan fingerprint density at radius 1 is 0.950 bits per heavy atom. The van der Waals surface area contributed by atoms with Gasteiger partial charge < -0.3 is 15.4 Å². The lowest BCUT2D eigenvalue weighted by Crippen LogP contribution is -2.38. The Balaban J connectivity index is 1.72. The van der Waals surface area contributed by atoms with E-state index in [1.54, 1.807) is 49.1 Å². The van der Waals surface area contributed by atoms with Crippen molar-refractivity contribution in [2.45, 2.75) is 18.9 Å². The Morgan fingerprint density at radius 2 is 1.45 bits per heavy atom. The van der Waals surface area contributed by atoms with Crippen molar-refractivity contribution in [3.05, 3.63) is 49.1 Å². The summed E-state index contributed by atoms with van der Waals surface area (Å²) in [5.74, 6) is -1.07. The third-order valence-corrected chi connectivity index (χ3v) is 2.52. The molecule has 0 fully saturated rings. The summed E-state index contributed by atoms with van der Waals surface area (Å²) >= 11 is 0. The molecule has 0 aliphatic rings. The molecule has 7 heteroatoms. The van der Waals surface area contributed by atoms with Crippen LogP contribution in [0, 0.1) is 0 Å². The van der Waals surface area contributed by atoms with Crippen molar-refractivity contribution in [3.63, 3.8) is 0 Å². The second-order valence-corrected chi connectivity index (χ2v) is 4.10. The average molecular weight is 277 g/mol. The van der Waals surface area contributed by atoms with Gasteiger partial charge in [-0.1, -0.05) is 0 Å². The number of carbonyl (C=O) groups is 2. The van der Waals surface area contributed by atoms with Gasteiger partial charge in [0.2, 0.25) is 0 Å². The van der Waals surface area contributed by atoms with Gasteiger partial charge in [-0.25, -0.2) is 9.59 Å². The highest BCUT2D eigenvalue weighted by atomic mass is 16.7. The van der Waals surface area contributed by atoms with Crippen LogP contribution in [0.15, 0.2) is 49.1 Å². The minimum Gasteiger partial charge on any atom is -0.337 e. The van der Waals surface area contributed by atoms with Crippen LogP contribution < -0.4 is 15.4 Å². The van der Waals surface area contributed by atoms with Crippen molar-refractivity contribution in [2.75, 3.05) is 0 Å². The van der Waals surface area contributed by atoms with Crippen molar-refractivity contribution in [3.8, 4) is 0 Å². The summed E-state index contributed by atoms with van der Waals surface area (Å²) in [7, 11) is 0. The van der Waals surface area contributed by atoms with Crippen molar-refractivity contribution in [1.82, 2.24) is 9.46 Å². The molecule has 0 unspecified atom stereocenters. The molecule has 0 aliphatic carbocycles. The molecule has 1 atom stereocenters. The summed E-state index contributed by atoms with van der Waals surface area (Å²) in [6.07, 6.45) is 6.52. The fourth-order valence-corrected chi connectivity index (χ4v) is 1.49. The van der Waals surface area contributed by atoms with Crippen LogP contribution in [0.3, 0.4) is 0 Å². The fourth-order valence-electron chi connectivity index (χ4n) is 1.49. The summed E-state index contributed by atoms with van der Waals surface area (Å²) < 4.78 is 2.53. The van der Waals surface area contributed by atoms with E-state index in [4.69, 9.17) is 15.4 Å². The van der Waals surface area contributed by atoms with E-state index in [1.165, 1.54) is 9.46 Å². The zero-order valence-electron chi connectivity index (χ0n) is 10.7. The van der Waals surface area contributed by atoms with Gasteiger partial charge in [-0.2, -0.15) is 9.46 Å². The van der Waals surface area contributed by atoms with Gasteiger partial charge in [0.15, 0.2) is 0 Å². The molecule has 7 nitrogen and oxygen atoms in total. The van der Waals surface area contributed by atoms with Gasteiger partial charge in [-0.15, -0.1) is 0 Å². The molecule has 2 rings (SSSR count). The van der Waals surface area contributed by atoms with Crippen LogP contribution in [0.5, 0.6) is 0 Å². The van der Waals surface area contributed by atoms with Crippen molar-refractivity contribution < 1.29 is 19.3 Å². The average Bonchev–Trinajstić information content (AvgIpc) is 3.09. The predicted octanol–water partition coefficient (Wildman–Crippen LogP) is 0.00770. The minimum atomic E-state index is -0.880. The van der Waals surface area contributed by atoms with E-state index in [0.717, 1.165) is 0 Å². The third kappa shape index (κ3) is 3.99. The van der Waals surface area contributed by atoms with Crippen molar-refractivity contribution in [2.24, 2.45) is 5.73 Å². The number of aromatic nitrogens is 2. The quantitative estimate of drug-likeness (QED) is 0.803. The zero-order chi connectivity index (χ0) is 14.4. The molecule has 2 N–H and O–H groups in total. The number of nitrogens with zero attached hydrogens (tertiary/aromatic N) is 2. The summed E-state index contributed by atoms with van der Waals surface area (Å²) in [4.78, 5) is 33.0. The van der Waals surface area contributed by atoms with Crippen molar-refractivity contribution >= 4 is 11.9 Å². The van der Waals surface area contributed by atoms with Gasteiger partial charge in [0.05, 0.1) is 6.42 Å². The maximum Gasteiger partial charge on any atom is 0.349 e. The third-order valence-electron chi connectivity index (χ3n) is 2.52. The standard InChI is InChI=1S/C13H15N3O4/c14-11(13(18)20-16-9-3-4-10-16)5-6-12(17)19-15-7-1-2-8-15/h1-4,7-11H,5-6,14H2/t11-/m0/s1. The smallest absolute Gasteiger partial charge is 0.337 e. The largest absolute Gasteiger partial charge is 0.349 e. The molecule has 0 spiro atoms. The van der Waals surface area contributed by atoms with Gasteiger partial charge in [-0.05, 0) is 30.7 Å². The van der Waals surface area contributed by atoms with Gasteiger partial charge in [0, 0.05) is 24.8 Å². The number of nitrogens with two attached hydrogens (primary N) is 1. The molecule has 2 aromatic heterocycles. The van der Waals surface area contributed by atoms with Crippen LogP contribution in [0.2, 0.25) is 0 Å². The highest BCUT2D eigenvalue weighted by Crippen LogP contribution is 1.98. The van der Waals surface area contributed by atoms with Crippen LogP contribution in [0.1, 0.15) is 12.8 Å². The molecule has 2 heterocycles. The topological polar surface area (TPSA) is 88.5 Å². The van der Waals surface area contributed by atoms with Gasteiger partial charge >= 0.3 is 11.9 Å². The SMILES string of the molecule is N[C@@H](CCC(=O)On1cccc1)C(=O)On1cccc1. The zero-order valence-corrected chi connectivity index (χ0v) is 10.7. The van der Waals surface area contributed by atoms with E-state index in [2.05, 4.69) is 0 Å². The summed E-state index contributed by atoms with van der Waals surface area (Å²) in [5, 5.41) is 0. The molecule has 2 aromatic rings. The van der Waals surface area contributed by atoms with Crippen LogP contribution >= 0.6 is 0 Å². The highest BCUT2D eigenvalue weighted by molar-refractivity contribution is 5.77. The first kappa shape index (κ1) is 13.9. The lowest BCUT2D eigenvalue weighted by molar-refractivity contribution is -0.147. The molecule has 0 aromatic carbocycles. The Hall–Kier alpha value is -2.54. The van der Waals surface area contributed by atoms with E-state index in [-0.39, 0.29) is 12.8 Å². The first-order chi connectivity index (χ1) is 9.65. The lowest BCUT2D eigenvalue weighted by Gasteiger charge is -2.10. The predicted molar refractivity (Wildman–Crippen MR) is 69.2 cm³/mol. The van der Waals surface area contributed by atoms with E-state index >= 15 is 0 Å². The van der Waals surface area contributed by atoms with Crippen molar-refractivity contribution in [1.29, 1.82) is 0 Å². The van der Waals surface area contributed by atoms with E-state index in [9.17, 15) is 9.59 Å². The summed E-state index contributed by atoms with van der Waals surface area (Å²) in [6.45, 7) is 0. The molecule has 20 heavy (non-hydrogen) atoms. The van der Waals surface area contributed by atoms with E-state index in [1.807, 2.05) is 0 Å². The van der Waals surface area contributed by atoms with E-state index < -0.39 is 18.0 Å². The first-order valence-corrected chi connectivity index (χ1v) is 6.10. The van der Waals surface area contributed by atoms with Crippen LogP contribution in [-0.2, 0) is 9.59 Å². The van der Waals surface area contributed by atoms with Gasteiger partial charge in [0.25, 0.3) is 0 Å². The molecule has 0 amide bonds. The molecule has 0 radical (unpaired) electrons. The maximum absolute atomic E-state index is 11.6. The van der Waals surface area contributed by atoms with Crippen LogP contribution in [-0.4, -0.2) is 27.4 Å². The molecular weight excluding hydrogens is 262 g/mol. The maximum atomic E-state index is 11.6. The number of hydrogen-bond donors (Lipinski definition) is 1. The molecule has 0 saturated carbocycles. The van der Waals surface area contributed by atoms with Gasteiger partial charge in [0.1, 0.15) is 6.04 Å². The Labute approximate surface area is 115 Å². The second kappa shape index (κ2) is 6.58. The highest BCUT2D eigenvalue weighted by Gasteiger charge is 2.18. The Bertz CT molecular complexity index is 548. The molecule has 106 valence electrons. The number of hydrogen-bond acceptors (Lipinski definition) is 5. The summed E-state index contributed by atoms with van der Waals surface area (Å²) in [5.41, 5.74) is 5.65. The molecule has 0 bridgehead atoms. The number of carbonyl (C=O) groups excluding carboxylic acids is 2. The second-order valence-electron chi connectivity index (χ2n) is 4.10. The van der Waals surface area contributed by atoms with E-state index in [0.29, 0.717) is 0 Å². The monoisotopic (exact) mass is 277 g/mol. The minimum absolute atomic E-state index is 0.0279. The normalized spacial score (nSPS) is 11.8. The molecular formula is C13H15N3O4. The Kier molecular flexibility index (Phi) is 4.56. The van der Waals surface area contributed by atoms with Gasteiger partial charge in [-0.3, -0.25) is 0 Å². The lowest BCUT2D eigenvalue weighted by atomic mass is 10.2. The van der Waals surface area contributed by atoms with Crippen LogP contribution in [0.25, 0.3) is 0 Å².